The van der Waals surface area contributed by atoms with Crippen molar-refractivity contribution in [3.8, 4) is 17.0 Å². The Labute approximate surface area is 237 Å². The molecule has 1 saturated carbocycles. The van der Waals surface area contributed by atoms with Crippen molar-refractivity contribution < 1.29 is 49.4 Å². The summed E-state index contributed by atoms with van der Waals surface area (Å²) >= 11 is 6.43. The fourth-order valence-corrected chi connectivity index (χ4v) is 6.12. The Kier molecular flexibility index (Phi) is 9.65. The summed E-state index contributed by atoms with van der Waals surface area (Å²) in [5, 5.41) is 16.5. The molecule has 1 fully saturated rings. The Hall–Kier alpha value is -2.52. The van der Waals surface area contributed by atoms with Crippen LogP contribution in [0.4, 0.5) is 26.3 Å². The lowest BCUT2D eigenvalue weighted by molar-refractivity contribution is -0.274. The first-order chi connectivity index (χ1) is 18.7. The van der Waals surface area contributed by atoms with Crippen molar-refractivity contribution in [1.29, 1.82) is 0 Å². The van der Waals surface area contributed by atoms with Crippen LogP contribution in [0.25, 0.3) is 11.3 Å². The lowest BCUT2D eigenvalue weighted by Gasteiger charge is -2.35. The second-order valence-electron chi connectivity index (χ2n) is 10.3. The van der Waals surface area contributed by atoms with Crippen molar-refractivity contribution in [2.75, 3.05) is 12.8 Å². The van der Waals surface area contributed by atoms with E-state index in [1.165, 1.54) is 6.07 Å². The Bertz CT molecular complexity index is 1370. The van der Waals surface area contributed by atoms with Gasteiger partial charge in [-0.3, -0.25) is 9.48 Å². The van der Waals surface area contributed by atoms with Crippen LogP contribution in [0.15, 0.2) is 18.2 Å². The van der Waals surface area contributed by atoms with Gasteiger partial charge in [0.15, 0.2) is 5.69 Å². The van der Waals surface area contributed by atoms with Crippen LogP contribution >= 0.6 is 11.6 Å². The highest BCUT2D eigenvalue weighted by Crippen LogP contribution is 2.41. The Balaban J connectivity index is 1.89. The van der Waals surface area contributed by atoms with E-state index in [9.17, 15) is 44.7 Å². The molecule has 2 aromatic rings. The number of hydrogen-bond acceptors (Lipinski definition) is 6. The number of rotatable bonds is 9. The second kappa shape index (κ2) is 12.0. The average molecular weight is 634 g/mol. The molecule has 2 N–H and O–H groups in total. The molecule has 1 amide bonds. The van der Waals surface area contributed by atoms with Crippen LogP contribution in [0.2, 0.25) is 5.02 Å². The van der Waals surface area contributed by atoms with E-state index in [4.69, 9.17) is 11.6 Å². The summed E-state index contributed by atoms with van der Waals surface area (Å²) in [7, 11) is -3.28. The maximum Gasteiger partial charge on any atom is 0.573 e. The third-order valence-corrected chi connectivity index (χ3v) is 9.12. The summed E-state index contributed by atoms with van der Waals surface area (Å²) in [6, 6.07) is 3.18. The third-order valence-electron chi connectivity index (χ3n) is 7.08. The molecule has 1 aliphatic rings. The molecule has 3 rings (SSSR count). The first-order valence-electron chi connectivity index (χ1n) is 12.7. The summed E-state index contributed by atoms with van der Waals surface area (Å²) in [5.74, 6) is -3.48. The molecular weight excluding hydrogens is 604 g/mol. The van der Waals surface area contributed by atoms with Gasteiger partial charge in [-0.1, -0.05) is 24.6 Å². The van der Waals surface area contributed by atoms with Gasteiger partial charge in [-0.05, 0) is 56.7 Å². The zero-order chi connectivity index (χ0) is 31.0. The van der Waals surface area contributed by atoms with Crippen LogP contribution in [-0.2, 0) is 22.8 Å². The van der Waals surface area contributed by atoms with Gasteiger partial charge >= 0.3 is 12.5 Å². The fourth-order valence-electron chi connectivity index (χ4n) is 4.70. The summed E-state index contributed by atoms with van der Waals surface area (Å²) in [6.45, 7) is 2.29. The predicted octanol–water partition coefficient (Wildman–Crippen LogP) is 5.31. The number of alkyl halides is 6. The minimum atomic E-state index is -5.18. The number of benzene rings is 1. The highest BCUT2D eigenvalue weighted by molar-refractivity contribution is 7.91. The highest BCUT2D eigenvalue weighted by Gasteiger charge is 2.39. The SMILES string of the molecule is CCn1nc(C(=O)NCC2(O)CCC(S(C)(=O)=O)CC2)c(Cl)c1-c1ccc(CC(C)C(F)(F)F)cc1OC(F)(F)F. The summed E-state index contributed by atoms with van der Waals surface area (Å²) < 4.78 is 108. The Morgan fingerprint density at radius 3 is 2.37 bits per heavy atom. The van der Waals surface area contributed by atoms with Gasteiger partial charge in [0.05, 0.1) is 27.5 Å². The van der Waals surface area contributed by atoms with E-state index < -0.39 is 57.2 Å². The van der Waals surface area contributed by atoms with Crippen LogP contribution in [0, 0.1) is 5.92 Å². The molecule has 0 saturated heterocycles. The topological polar surface area (TPSA) is 111 Å². The van der Waals surface area contributed by atoms with Gasteiger partial charge in [-0.2, -0.15) is 18.3 Å². The summed E-state index contributed by atoms with van der Waals surface area (Å²) in [4.78, 5) is 13.0. The van der Waals surface area contributed by atoms with Crippen molar-refractivity contribution in [1.82, 2.24) is 15.1 Å². The number of hydrogen-bond donors (Lipinski definition) is 2. The molecule has 0 spiro atoms. The van der Waals surface area contributed by atoms with Gasteiger partial charge in [0.2, 0.25) is 0 Å². The van der Waals surface area contributed by atoms with Gasteiger partial charge in [0.1, 0.15) is 15.6 Å². The van der Waals surface area contributed by atoms with Gasteiger partial charge in [0, 0.05) is 24.9 Å². The van der Waals surface area contributed by atoms with Gasteiger partial charge < -0.3 is 15.2 Å². The lowest BCUT2D eigenvalue weighted by Crippen LogP contribution is -2.47. The monoisotopic (exact) mass is 633 g/mol. The summed E-state index contributed by atoms with van der Waals surface area (Å²) in [6.07, 6.45) is -8.57. The molecule has 8 nitrogen and oxygen atoms in total. The van der Waals surface area contributed by atoms with E-state index in [-0.39, 0.29) is 66.3 Å². The van der Waals surface area contributed by atoms with Gasteiger partial charge in [0.25, 0.3) is 5.91 Å². The van der Waals surface area contributed by atoms with Crippen LogP contribution in [0.3, 0.4) is 0 Å². The van der Waals surface area contributed by atoms with E-state index in [0.29, 0.717) is 0 Å². The predicted molar refractivity (Wildman–Crippen MR) is 138 cm³/mol. The number of ether oxygens (including phenoxy) is 1. The Morgan fingerprint density at radius 1 is 1.24 bits per heavy atom. The number of sulfone groups is 1. The molecule has 0 aliphatic heterocycles. The highest BCUT2D eigenvalue weighted by atomic mass is 35.5. The van der Waals surface area contributed by atoms with E-state index in [0.717, 1.165) is 30.0 Å². The standard InChI is InChI=1S/C25H30ClF6N3O5S/c1-4-35-21(17-6-5-15(11-14(2)24(27,28)29)12-18(17)40-25(30,31)32)19(26)20(34-35)22(36)33-13-23(37)9-7-16(8-10-23)41(3,38)39/h5-6,12,14,16,37H,4,7-11,13H2,1-3H3,(H,33,36). The number of amides is 1. The molecular formula is C25H30ClF6N3O5S. The minimum absolute atomic E-state index is 0.0530. The number of aromatic nitrogens is 2. The van der Waals surface area contributed by atoms with E-state index >= 15 is 0 Å². The number of halogens is 7. The normalized spacial score (nSPS) is 21.0. The lowest BCUT2D eigenvalue weighted by atomic mass is 9.84. The fraction of sp³-hybridized carbons (Fsp3) is 0.600. The molecule has 1 aliphatic carbocycles. The largest absolute Gasteiger partial charge is 0.573 e. The quantitative estimate of drug-likeness (QED) is 0.362. The number of carbonyl (C=O) groups excluding carboxylic acids is 1. The van der Waals surface area contributed by atoms with Crippen molar-refractivity contribution in [3.05, 3.63) is 34.5 Å². The Morgan fingerprint density at radius 2 is 1.85 bits per heavy atom. The van der Waals surface area contributed by atoms with Crippen molar-refractivity contribution in [2.45, 2.75) is 75.9 Å². The molecule has 1 aromatic heterocycles. The van der Waals surface area contributed by atoms with Crippen molar-refractivity contribution in [2.24, 2.45) is 5.92 Å². The van der Waals surface area contributed by atoms with Gasteiger partial charge in [-0.25, -0.2) is 8.42 Å². The number of aliphatic hydroxyl groups is 1. The first kappa shape index (κ1) is 33.0. The van der Waals surface area contributed by atoms with Crippen LogP contribution in [0.5, 0.6) is 5.75 Å². The zero-order valence-corrected chi connectivity index (χ0v) is 23.9. The smallest absolute Gasteiger partial charge is 0.405 e. The van der Waals surface area contributed by atoms with Crippen LogP contribution in [0.1, 0.15) is 55.6 Å². The number of nitrogens with one attached hydrogen (secondary N) is 1. The molecule has 41 heavy (non-hydrogen) atoms. The third kappa shape index (κ3) is 8.28. The maximum atomic E-state index is 13.3. The maximum absolute atomic E-state index is 13.3. The number of aryl methyl sites for hydroxylation is 1. The molecule has 1 aromatic carbocycles. The first-order valence-corrected chi connectivity index (χ1v) is 15.0. The molecule has 16 heteroatoms. The van der Waals surface area contributed by atoms with Crippen LogP contribution in [-0.4, -0.2) is 65.4 Å². The molecule has 0 bridgehead atoms. The van der Waals surface area contributed by atoms with Crippen LogP contribution < -0.4 is 10.1 Å². The second-order valence-corrected chi connectivity index (χ2v) is 13.0. The average Bonchev–Trinajstić information content (AvgIpc) is 3.17. The van der Waals surface area contributed by atoms with E-state index in [1.807, 2.05) is 0 Å². The van der Waals surface area contributed by atoms with Crippen molar-refractivity contribution in [3.63, 3.8) is 0 Å². The molecule has 1 atom stereocenters. The molecule has 1 unspecified atom stereocenters. The van der Waals surface area contributed by atoms with Crippen molar-refractivity contribution >= 4 is 27.3 Å². The van der Waals surface area contributed by atoms with Gasteiger partial charge in [-0.15, -0.1) is 13.2 Å². The number of nitrogens with zero attached hydrogens (tertiary/aromatic N) is 2. The van der Waals surface area contributed by atoms with E-state index in [2.05, 4.69) is 15.2 Å². The van der Waals surface area contributed by atoms with E-state index in [1.54, 1.807) is 6.92 Å². The zero-order valence-electron chi connectivity index (χ0n) is 22.4. The molecule has 230 valence electrons. The summed E-state index contributed by atoms with van der Waals surface area (Å²) in [5.41, 5.74) is -2.17. The number of carbonyl (C=O) groups is 1. The molecule has 0 radical (unpaired) electrons. The molecule has 1 heterocycles. The minimum Gasteiger partial charge on any atom is -0.405 e.